The van der Waals surface area contributed by atoms with Crippen molar-refractivity contribution < 1.29 is 14.3 Å². The van der Waals surface area contributed by atoms with Crippen molar-refractivity contribution in [2.45, 2.75) is 30.5 Å². The van der Waals surface area contributed by atoms with Gasteiger partial charge in [0.1, 0.15) is 0 Å². The molecule has 1 heterocycles. The van der Waals surface area contributed by atoms with Crippen molar-refractivity contribution in [1.82, 2.24) is 4.98 Å². The summed E-state index contributed by atoms with van der Waals surface area (Å²) in [5, 5.41) is 5.04. The molecular formula is C17H19ClN2O3S2. The van der Waals surface area contributed by atoms with Gasteiger partial charge in [-0.15, -0.1) is 11.3 Å². The van der Waals surface area contributed by atoms with Gasteiger partial charge < -0.3 is 10.1 Å². The Morgan fingerprint density at radius 1 is 1.36 bits per heavy atom. The number of anilines is 1. The molecule has 0 aliphatic carbocycles. The Kier molecular flexibility index (Phi) is 6.48. The van der Waals surface area contributed by atoms with Crippen LogP contribution >= 0.6 is 34.7 Å². The zero-order valence-corrected chi connectivity index (χ0v) is 16.8. The molecule has 0 saturated heterocycles. The number of nitrogens with one attached hydrogen (secondary N) is 1. The SMILES string of the molecule is COC(=O)c1cc(NC(=O)CSc2nc(C(C)(C)C)cs2)ccc1Cl. The van der Waals surface area contributed by atoms with E-state index in [9.17, 15) is 9.59 Å². The van der Waals surface area contributed by atoms with Crippen LogP contribution in [0.2, 0.25) is 5.02 Å². The number of thioether (sulfide) groups is 1. The first kappa shape index (κ1) is 19.8. The van der Waals surface area contributed by atoms with E-state index in [-0.39, 0.29) is 27.7 Å². The quantitative estimate of drug-likeness (QED) is 0.588. The van der Waals surface area contributed by atoms with E-state index in [1.807, 2.05) is 5.38 Å². The van der Waals surface area contributed by atoms with E-state index in [0.717, 1.165) is 10.0 Å². The Morgan fingerprint density at radius 3 is 2.68 bits per heavy atom. The number of hydrogen-bond donors (Lipinski definition) is 1. The second kappa shape index (κ2) is 8.21. The van der Waals surface area contributed by atoms with E-state index < -0.39 is 5.97 Å². The van der Waals surface area contributed by atoms with E-state index in [4.69, 9.17) is 11.6 Å². The fourth-order valence-electron chi connectivity index (χ4n) is 1.86. The fraction of sp³-hybridized carbons (Fsp3) is 0.353. The predicted octanol–water partition coefficient (Wildman–Crippen LogP) is 4.61. The van der Waals surface area contributed by atoms with Crippen LogP contribution in [0.3, 0.4) is 0 Å². The van der Waals surface area contributed by atoms with Crippen LogP contribution in [0.15, 0.2) is 27.9 Å². The number of carbonyl (C=O) groups is 2. The maximum absolute atomic E-state index is 12.1. The van der Waals surface area contributed by atoms with Crippen LogP contribution < -0.4 is 5.32 Å². The molecule has 0 saturated carbocycles. The van der Waals surface area contributed by atoms with Crippen LogP contribution in [0.5, 0.6) is 0 Å². The van der Waals surface area contributed by atoms with Crippen molar-refractivity contribution in [3.8, 4) is 0 Å². The molecule has 134 valence electrons. The third-order valence-electron chi connectivity index (χ3n) is 3.23. The second-order valence-electron chi connectivity index (χ2n) is 6.27. The molecule has 8 heteroatoms. The molecule has 0 bridgehead atoms. The highest BCUT2D eigenvalue weighted by molar-refractivity contribution is 8.01. The number of rotatable bonds is 5. The summed E-state index contributed by atoms with van der Waals surface area (Å²) in [7, 11) is 1.28. The van der Waals surface area contributed by atoms with Crippen molar-refractivity contribution in [3.63, 3.8) is 0 Å². The number of hydrogen-bond acceptors (Lipinski definition) is 6. The monoisotopic (exact) mass is 398 g/mol. The standard InChI is InChI=1S/C17H19ClN2O3S2/c1-17(2,3)13-8-24-16(20-13)25-9-14(21)19-10-5-6-12(18)11(7-10)15(22)23-4/h5-8H,9H2,1-4H3,(H,19,21). The van der Waals surface area contributed by atoms with E-state index >= 15 is 0 Å². The molecule has 0 atom stereocenters. The maximum atomic E-state index is 12.1. The normalized spacial score (nSPS) is 11.2. The van der Waals surface area contributed by atoms with E-state index in [0.29, 0.717) is 5.69 Å². The molecule has 1 aromatic carbocycles. The van der Waals surface area contributed by atoms with Gasteiger partial charge in [-0.2, -0.15) is 0 Å². The zero-order valence-electron chi connectivity index (χ0n) is 14.4. The summed E-state index contributed by atoms with van der Waals surface area (Å²) < 4.78 is 5.52. The lowest BCUT2D eigenvalue weighted by Gasteiger charge is -2.14. The lowest BCUT2D eigenvalue weighted by molar-refractivity contribution is -0.113. The van der Waals surface area contributed by atoms with E-state index in [1.54, 1.807) is 12.1 Å². The topological polar surface area (TPSA) is 68.3 Å². The first-order valence-electron chi connectivity index (χ1n) is 7.47. The van der Waals surface area contributed by atoms with Crippen LogP contribution in [0.1, 0.15) is 36.8 Å². The van der Waals surface area contributed by atoms with Gasteiger partial charge in [-0.1, -0.05) is 44.1 Å². The number of amides is 1. The molecule has 1 amide bonds. The van der Waals surface area contributed by atoms with Crippen molar-refractivity contribution in [3.05, 3.63) is 39.9 Å². The van der Waals surface area contributed by atoms with E-state index in [1.165, 1.54) is 36.3 Å². The van der Waals surface area contributed by atoms with Crippen molar-refractivity contribution in [1.29, 1.82) is 0 Å². The molecule has 1 aromatic heterocycles. The zero-order chi connectivity index (χ0) is 18.6. The van der Waals surface area contributed by atoms with Gasteiger partial charge >= 0.3 is 5.97 Å². The second-order valence-corrected chi connectivity index (χ2v) is 8.76. The Labute approximate surface area is 160 Å². The van der Waals surface area contributed by atoms with Gasteiger partial charge in [-0.05, 0) is 18.2 Å². The van der Waals surface area contributed by atoms with Crippen LogP contribution in [0, 0.1) is 0 Å². The number of nitrogens with zero attached hydrogens (tertiary/aromatic N) is 1. The number of methoxy groups -OCH3 is 1. The minimum absolute atomic E-state index is 0.00877. The number of esters is 1. The number of aromatic nitrogens is 1. The summed E-state index contributed by atoms with van der Waals surface area (Å²) >= 11 is 8.87. The number of ether oxygens (including phenoxy) is 1. The molecule has 0 fully saturated rings. The van der Waals surface area contributed by atoms with Crippen LogP contribution in [0.25, 0.3) is 0 Å². The van der Waals surface area contributed by atoms with Crippen LogP contribution in [0.4, 0.5) is 5.69 Å². The Bertz CT molecular complexity index is 784. The van der Waals surface area contributed by atoms with Crippen molar-refractivity contribution >= 4 is 52.3 Å². The third-order valence-corrected chi connectivity index (χ3v) is 5.58. The largest absolute Gasteiger partial charge is 0.465 e. The van der Waals surface area contributed by atoms with Gasteiger partial charge in [0.25, 0.3) is 0 Å². The summed E-state index contributed by atoms with van der Waals surface area (Å²) in [4.78, 5) is 28.3. The summed E-state index contributed by atoms with van der Waals surface area (Å²) in [5.74, 6) is -0.503. The molecule has 0 aliphatic rings. The lowest BCUT2D eigenvalue weighted by Crippen LogP contribution is -2.15. The molecule has 5 nitrogen and oxygen atoms in total. The Morgan fingerprint density at radius 2 is 2.08 bits per heavy atom. The number of thiazole rings is 1. The van der Waals surface area contributed by atoms with Gasteiger partial charge in [0.05, 0.1) is 29.1 Å². The molecule has 25 heavy (non-hydrogen) atoms. The lowest BCUT2D eigenvalue weighted by atomic mass is 9.93. The summed E-state index contributed by atoms with van der Waals surface area (Å²) in [6.07, 6.45) is 0. The fourth-order valence-corrected chi connectivity index (χ4v) is 3.91. The van der Waals surface area contributed by atoms with Crippen molar-refractivity contribution in [2.75, 3.05) is 18.2 Å². The van der Waals surface area contributed by atoms with E-state index in [2.05, 4.69) is 35.8 Å². The molecule has 1 N–H and O–H groups in total. The van der Waals surface area contributed by atoms with Gasteiger partial charge in [0, 0.05) is 16.5 Å². The molecule has 0 unspecified atom stereocenters. The van der Waals surface area contributed by atoms with Gasteiger partial charge in [-0.25, -0.2) is 9.78 Å². The summed E-state index contributed by atoms with van der Waals surface area (Å²) in [6.45, 7) is 6.30. The number of benzene rings is 1. The first-order chi connectivity index (χ1) is 11.7. The predicted molar refractivity (Wildman–Crippen MR) is 103 cm³/mol. The average Bonchev–Trinajstić information content (AvgIpc) is 3.03. The van der Waals surface area contributed by atoms with Gasteiger partial charge in [-0.3, -0.25) is 4.79 Å². The highest BCUT2D eigenvalue weighted by atomic mass is 35.5. The molecule has 0 radical (unpaired) electrons. The number of carbonyl (C=O) groups excluding carboxylic acids is 2. The average molecular weight is 399 g/mol. The smallest absolute Gasteiger partial charge is 0.339 e. The Hall–Kier alpha value is -1.57. The maximum Gasteiger partial charge on any atom is 0.339 e. The molecule has 0 aliphatic heterocycles. The third kappa shape index (κ3) is 5.45. The van der Waals surface area contributed by atoms with Crippen LogP contribution in [-0.2, 0) is 14.9 Å². The minimum atomic E-state index is -0.548. The highest BCUT2D eigenvalue weighted by Gasteiger charge is 2.18. The van der Waals surface area contributed by atoms with Crippen LogP contribution in [-0.4, -0.2) is 29.7 Å². The molecule has 0 spiro atoms. The first-order valence-corrected chi connectivity index (χ1v) is 9.71. The minimum Gasteiger partial charge on any atom is -0.465 e. The molecule has 2 aromatic rings. The number of halogens is 1. The Balaban J connectivity index is 1.96. The summed E-state index contributed by atoms with van der Waals surface area (Å²) in [6, 6.07) is 4.68. The van der Waals surface area contributed by atoms with Gasteiger partial charge in [0.2, 0.25) is 5.91 Å². The highest BCUT2D eigenvalue weighted by Crippen LogP contribution is 2.29. The summed E-state index contributed by atoms with van der Waals surface area (Å²) in [5.41, 5.74) is 1.71. The van der Waals surface area contributed by atoms with Crippen molar-refractivity contribution in [2.24, 2.45) is 0 Å². The van der Waals surface area contributed by atoms with Gasteiger partial charge in [0.15, 0.2) is 4.34 Å². The molecular weight excluding hydrogens is 380 g/mol. The molecule has 2 rings (SSSR count).